The van der Waals surface area contributed by atoms with E-state index in [-0.39, 0.29) is 25.1 Å². The van der Waals surface area contributed by atoms with Gasteiger partial charge in [0.15, 0.2) is 0 Å². The van der Waals surface area contributed by atoms with Crippen molar-refractivity contribution in [2.75, 3.05) is 6.61 Å². The molecule has 0 bridgehead atoms. The average molecular weight is 298 g/mol. The van der Waals surface area contributed by atoms with Crippen molar-refractivity contribution in [1.29, 1.82) is 0 Å². The molecule has 0 radical (unpaired) electrons. The number of nitrogens with zero attached hydrogens (tertiary/aromatic N) is 1. The van der Waals surface area contributed by atoms with Gasteiger partial charge in [0.05, 0.1) is 12.8 Å². The summed E-state index contributed by atoms with van der Waals surface area (Å²) >= 11 is 0. The van der Waals surface area contributed by atoms with Crippen LogP contribution in [0.1, 0.15) is 30.3 Å². The summed E-state index contributed by atoms with van der Waals surface area (Å²) in [5.74, 6) is -3.19. The summed E-state index contributed by atoms with van der Waals surface area (Å²) in [7, 11) is 0. The molecule has 0 spiro atoms. The summed E-state index contributed by atoms with van der Waals surface area (Å²) < 4.78 is 17.4. The Bertz CT molecular complexity index is 518. The Kier molecular flexibility index (Phi) is 6.25. The van der Waals surface area contributed by atoms with Gasteiger partial charge in [-0.15, -0.1) is 0 Å². The number of carboxylic acids is 1. The second kappa shape index (κ2) is 7.93. The van der Waals surface area contributed by atoms with Crippen LogP contribution in [0.4, 0.5) is 4.39 Å². The van der Waals surface area contributed by atoms with Gasteiger partial charge < -0.3 is 15.2 Å². The van der Waals surface area contributed by atoms with E-state index in [0.717, 1.165) is 18.3 Å². The minimum Gasteiger partial charge on any atom is -0.480 e. The zero-order valence-corrected chi connectivity index (χ0v) is 11.3. The minimum absolute atomic E-state index is 0.110. The van der Waals surface area contributed by atoms with Gasteiger partial charge in [-0.2, -0.15) is 0 Å². The summed E-state index contributed by atoms with van der Waals surface area (Å²) in [6.45, 7) is 1.83. The molecule has 1 amide bonds. The van der Waals surface area contributed by atoms with Crippen molar-refractivity contribution in [3.8, 4) is 0 Å². The summed E-state index contributed by atoms with van der Waals surface area (Å²) in [6, 6.07) is 0.916. The molecule has 1 atom stereocenters. The minimum atomic E-state index is -1.28. The topological polar surface area (TPSA) is 106 Å². The highest BCUT2D eigenvalue weighted by molar-refractivity contribution is 5.95. The molecule has 2 N–H and O–H groups in total. The van der Waals surface area contributed by atoms with Crippen LogP contribution >= 0.6 is 0 Å². The van der Waals surface area contributed by atoms with Crippen LogP contribution in [0.15, 0.2) is 18.3 Å². The molecule has 0 aromatic carbocycles. The molecule has 0 aliphatic carbocycles. The molecule has 0 saturated heterocycles. The van der Waals surface area contributed by atoms with E-state index in [4.69, 9.17) is 5.11 Å². The first-order chi connectivity index (χ1) is 9.93. The molecule has 0 saturated carbocycles. The number of carbonyl (C=O) groups excluding carboxylic acids is 2. The Labute approximate surface area is 120 Å². The Balaban J connectivity index is 2.61. The molecule has 7 nitrogen and oxygen atoms in total. The summed E-state index contributed by atoms with van der Waals surface area (Å²) in [5, 5.41) is 11.2. The van der Waals surface area contributed by atoms with Gasteiger partial charge in [0.1, 0.15) is 17.6 Å². The third-order valence-electron chi connectivity index (χ3n) is 2.51. The zero-order chi connectivity index (χ0) is 15.8. The summed E-state index contributed by atoms with van der Waals surface area (Å²) in [6.07, 6.45) is 0.604. The van der Waals surface area contributed by atoms with Gasteiger partial charge >= 0.3 is 11.9 Å². The van der Waals surface area contributed by atoms with Crippen molar-refractivity contribution >= 4 is 17.8 Å². The molecular formula is C13H15FN2O5. The van der Waals surface area contributed by atoms with Gasteiger partial charge in [0.25, 0.3) is 5.91 Å². The van der Waals surface area contributed by atoms with Gasteiger partial charge in [-0.1, -0.05) is 0 Å². The van der Waals surface area contributed by atoms with E-state index in [1.54, 1.807) is 6.92 Å². The highest BCUT2D eigenvalue weighted by Gasteiger charge is 2.22. The number of hydrogen-bond donors (Lipinski definition) is 2. The monoisotopic (exact) mass is 298 g/mol. The maximum Gasteiger partial charge on any atom is 0.326 e. The highest BCUT2D eigenvalue weighted by Crippen LogP contribution is 2.03. The lowest BCUT2D eigenvalue weighted by atomic mass is 10.1. The van der Waals surface area contributed by atoms with Crippen LogP contribution in [0.2, 0.25) is 0 Å². The van der Waals surface area contributed by atoms with Crippen molar-refractivity contribution in [2.45, 2.75) is 25.8 Å². The molecule has 1 aromatic rings. The summed E-state index contributed by atoms with van der Waals surface area (Å²) in [5.41, 5.74) is -0.112. The second-order valence-electron chi connectivity index (χ2n) is 4.07. The Morgan fingerprint density at radius 1 is 1.43 bits per heavy atom. The molecule has 8 heteroatoms. The van der Waals surface area contributed by atoms with E-state index in [2.05, 4.69) is 15.0 Å². The molecule has 0 aliphatic heterocycles. The van der Waals surface area contributed by atoms with Crippen molar-refractivity contribution in [2.24, 2.45) is 0 Å². The Hall–Kier alpha value is -2.51. The fraction of sp³-hybridized carbons (Fsp3) is 0.385. The first-order valence-corrected chi connectivity index (χ1v) is 6.25. The van der Waals surface area contributed by atoms with E-state index in [1.807, 2.05) is 0 Å². The molecule has 1 rings (SSSR count). The molecule has 0 unspecified atom stereocenters. The molecule has 21 heavy (non-hydrogen) atoms. The number of pyridine rings is 1. The number of aromatic nitrogens is 1. The fourth-order valence-electron chi connectivity index (χ4n) is 1.50. The van der Waals surface area contributed by atoms with Gasteiger partial charge in [0, 0.05) is 6.42 Å². The third-order valence-corrected chi connectivity index (χ3v) is 2.51. The van der Waals surface area contributed by atoms with Crippen LogP contribution in [0.5, 0.6) is 0 Å². The number of aliphatic carboxylic acids is 1. The van der Waals surface area contributed by atoms with Crippen LogP contribution in [0.3, 0.4) is 0 Å². The van der Waals surface area contributed by atoms with Crippen LogP contribution in [-0.2, 0) is 14.3 Å². The van der Waals surface area contributed by atoms with Crippen molar-refractivity contribution in [3.05, 3.63) is 29.8 Å². The Morgan fingerprint density at radius 3 is 2.67 bits per heavy atom. The lowest BCUT2D eigenvalue weighted by molar-refractivity contribution is -0.144. The van der Waals surface area contributed by atoms with Crippen molar-refractivity contribution in [1.82, 2.24) is 10.3 Å². The maximum atomic E-state index is 12.7. The normalized spacial score (nSPS) is 11.5. The maximum absolute atomic E-state index is 12.7. The van der Waals surface area contributed by atoms with Gasteiger partial charge in [0.2, 0.25) is 0 Å². The van der Waals surface area contributed by atoms with E-state index < -0.39 is 29.7 Å². The SMILES string of the molecule is CCOC(=O)CC[C@H](NC(=O)c1ccc(F)cn1)C(=O)O. The van der Waals surface area contributed by atoms with Gasteiger partial charge in [-0.05, 0) is 25.5 Å². The number of amides is 1. The largest absolute Gasteiger partial charge is 0.480 e. The van der Waals surface area contributed by atoms with Crippen molar-refractivity contribution in [3.63, 3.8) is 0 Å². The van der Waals surface area contributed by atoms with Gasteiger partial charge in [-0.25, -0.2) is 14.2 Å². The fourth-order valence-corrected chi connectivity index (χ4v) is 1.50. The van der Waals surface area contributed by atoms with E-state index in [0.29, 0.717) is 0 Å². The predicted octanol–water partition coefficient (Wildman–Crippen LogP) is 0.747. The number of rotatable bonds is 7. The first-order valence-electron chi connectivity index (χ1n) is 6.25. The number of esters is 1. The molecule has 1 aromatic heterocycles. The molecular weight excluding hydrogens is 283 g/mol. The van der Waals surface area contributed by atoms with Gasteiger partial charge in [-0.3, -0.25) is 9.59 Å². The standard InChI is InChI=1S/C13H15FN2O5/c1-2-21-11(17)6-5-10(13(19)20)16-12(18)9-4-3-8(14)7-15-9/h3-4,7,10H,2,5-6H2,1H3,(H,16,18)(H,19,20)/t10-/m0/s1. The number of carbonyl (C=O) groups is 3. The molecule has 0 aliphatic rings. The quantitative estimate of drug-likeness (QED) is 0.719. The average Bonchev–Trinajstić information content (AvgIpc) is 2.43. The third kappa shape index (κ3) is 5.55. The predicted molar refractivity (Wildman–Crippen MR) is 69.0 cm³/mol. The number of carboxylic acid groups (broad SMARTS) is 1. The molecule has 0 fully saturated rings. The highest BCUT2D eigenvalue weighted by atomic mass is 19.1. The first kappa shape index (κ1) is 16.5. The van der Waals surface area contributed by atoms with Crippen LogP contribution in [0.25, 0.3) is 0 Å². The van der Waals surface area contributed by atoms with Crippen LogP contribution in [0, 0.1) is 5.82 Å². The smallest absolute Gasteiger partial charge is 0.326 e. The van der Waals surface area contributed by atoms with E-state index in [9.17, 15) is 18.8 Å². The second-order valence-corrected chi connectivity index (χ2v) is 4.07. The zero-order valence-electron chi connectivity index (χ0n) is 11.3. The number of hydrogen-bond acceptors (Lipinski definition) is 5. The van der Waals surface area contributed by atoms with Crippen LogP contribution < -0.4 is 5.32 Å². The molecule has 114 valence electrons. The lowest BCUT2D eigenvalue weighted by Crippen LogP contribution is -2.41. The number of halogens is 1. The van der Waals surface area contributed by atoms with Crippen molar-refractivity contribution < 1.29 is 28.6 Å². The number of ether oxygens (including phenoxy) is 1. The molecule has 1 heterocycles. The van der Waals surface area contributed by atoms with E-state index >= 15 is 0 Å². The Morgan fingerprint density at radius 2 is 2.14 bits per heavy atom. The number of nitrogens with one attached hydrogen (secondary N) is 1. The van der Waals surface area contributed by atoms with Crippen LogP contribution in [-0.4, -0.2) is 40.6 Å². The lowest BCUT2D eigenvalue weighted by Gasteiger charge is -2.13. The van der Waals surface area contributed by atoms with E-state index in [1.165, 1.54) is 0 Å². The summed E-state index contributed by atoms with van der Waals surface area (Å²) in [4.78, 5) is 37.5.